The second-order valence-corrected chi connectivity index (χ2v) is 5.81. The molecule has 2 aromatic rings. The number of nitrogens with zero attached hydrogens (tertiary/aromatic N) is 2. The summed E-state index contributed by atoms with van der Waals surface area (Å²) in [5, 5.41) is 0. The minimum Gasteiger partial charge on any atom is -0.369 e. The molecule has 22 heavy (non-hydrogen) atoms. The second-order valence-electron chi connectivity index (χ2n) is 5.81. The molecule has 1 aliphatic heterocycles. The Morgan fingerprint density at radius 2 is 1.82 bits per heavy atom. The molecule has 0 bridgehead atoms. The minimum absolute atomic E-state index is 0.377. The van der Waals surface area contributed by atoms with E-state index in [0.29, 0.717) is 5.56 Å². The quantitative estimate of drug-likeness (QED) is 0.903. The van der Waals surface area contributed by atoms with Crippen LogP contribution < -0.4 is 10.6 Å². The van der Waals surface area contributed by atoms with Crippen molar-refractivity contribution in [1.82, 2.24) is 9.88 Å². The number of primary amides is 1. The van der Waals surface area contributed by atoms with Crippen LogP contribution in [0.15, 0.2) is 36.5 Å². The monoisotopic (exact) mass is 298 g/mol. The standard InChI is InChI=1S/C17H22N4O/c1-13-6-7-19-16(13)12-20-8-10-21(11-9-20)15-4-2-14(3-5-15)17(18)22/h2-7,19H,8-12H2,1H3,(H2,18,22). The Morgan fingerprint density at radius 1 is 1.14 bits per heavy atom. The first-order chi connectivity index (χ1) is 10.6. The van der Waals surface area contributed by atoms with E-state index in [4.69, 9.17) is 5.73 Å². The van der Waals surface area contributed by atoms with E-state index in [9.17, 15) is 4.79 Å². The van der Waals surface area contributed by atoms with Gasteiger partial charge < -0.3 is 15.6 Å². The molecule has 1 aromatic carbocycles. The number of carbonyl (C=O) groups is 1. The van der Waals surface area contributed by atoms with Gasteiger partial charge in [0.15, 0.2) is 0 Å². The van der Waals surface area contributed by atoms with E-state index in [-0.39, 0.29) is 5.91 Å². The Bertz CT molecular complexity index is 639. The molecule has 5 heteroatoms. The Kier molecular flexibility index (Phi) is 4.15. The van der Waals surface area contributed by atoms with Gasteiger partial charge in [0.1, 0.15) is 0 Å². The largest absolute Gasteiger partial charge is 0.369 e. The lowest BCUT2D eigenvalue weighted by Crippen LogP contribution is -2.46. The maximum absolute atomic E-state index is 11.1. The third kappa shape index (κ3) is 3.14. The summed E-state index contributed by atoms with van der Waals surface area (Å²) in [6.45, 7) is 7.19. The van der Waals surface area contributed by atoms with E-state index < -0.39 is 0 Å². The van der Waals surface area contributed by atoms with Crippen LogP contribution in [0.2, 0.25) is 0 Å². The van der Waals surface area contributed by atoms with E-state index in [1.54, 1.807) is 12.1 Å². The van der Waals surface area contributed by atoms with Gasteiger partial charge in [-0.3, -0.25) is 9.69 Å². The van der Waals surface area contributed by atoms with Crippen molar-refractivity contribution in [3.63, 3.8) is 0 Å². The first-order valence-corrected chi connectivity index (χ1v) is 7.63. The van der Waals surface area contributed by atoms with Gasteiger partial charge in [0.2, 0.25) is 5.91 Å². The molecular formula is C17H22N4O. The molecule has 1 aliphatic rings. The first kappa shape index (κ1) is 14.7. The SMILES string of the molecule is Cc1cc[nH]c1CN1CCN(c2ccc(C(N)=O)cc2)CC1. The van der Waals surface area contributed by atoms with Crippen LogP contribution in [0.3, 0.4) is 0 Å². The number of nitrogens with two attached hydrogens (primary N) is 1. The summed E-state index contributed by atoms with van der Waals surface area (Å²) in [6, 6.07) is 9.67. The highest BCUT2D eigenvalue weighted by Crippen LogP contribution is 2.18. The van der Waals surface area contributed by atoms with Crippen molar-refractivity contribution in [3.05, 3.63) is 53.3 Å². The fourth-order valence-electron chi connectivity index (χ4n) is 2.88. The predicted molar refractivity (Wildman–Crippen MR) is 88.0 cm³/mol. The first-order valence-electron chi connectivity index (χ1n) is 7.63. The van der Waals surface area contributed by atoms with Gasteiger partial charge >= 0.3 is 0 Å². The molecule has 1 fully saturated rings. The Balaban J connectivity index is 1.57. The van der Waals surface area contributed by atoms with Crippen molar-refractivity contribution in [2.45, 2.75) is 13.5 Å². The van der Waals surface area contributed by atoms with Crippen LogP contribution in [-0.2, 0) is 6.54 Å². The lowest BCUT2D eigenvalue weighted by molar-refractivity contribution is 0.100. The maximum atomic E-state index is 11.1. The number of amides is 1. The number of carbonyl (C=O) groups excluding carboxylic acids is 1. The van der Waals surface area contributed by atoms with E-state index in [0.717, 1.165) is 38.4 Å². The highest BCUT2D eigenvalue weighted by molar-refractivity contribution is 5.93. The molecule has 5 nitrogen and oxygen atoms in total. The molecule has 0 atom stereocenters. The van der Waals surface area contributed by atoms with Gasteiger partial charge in [-0.05, 0) is 42.8 Å². The average Bonchev–Trinajstić information content (AvgIpc) is 2.93. The van der Waals surface area contributed by atoms with Crippen molar-refractivity contribution in [1.29, 1.82) is 0 Å². The molecule has 0 aliphatic carbocycles. The summed E-state index contributed by atoms with van der Waals surface area (Å²) in [4.78, 5) is 19.2. The van der Waals surface area contributed by atoms with Crippen molar-refractivity contribution in [2.24, 2.45) is 5.73 Å². The highest BCUT2D eigenvalue weighted by Gasteiger charge is 2.18. The van der Waals surface area contributed by atoms with Gasteiger partial charge in [0, 0.05) is 55.9 Å². The fraction of sp³-hybridized carbons (Fsp3) is 0.353. The van der Waals surface area contributed by atoms with Gasteiger partial charge in [-0.1, -0.05) is 0 Å². The van der Waals surface area contributed by atoms with Crippen LogP contribution in [-0.4, -0.2) is 42.0 Å². The number of H-pyrrole nitrogens is 1. The van der Waals surface area contributed by atoms with Crippen LogP contribution in [0.5, 0.6) is 0 Å². The summed E-state index contributed by atoms with van der Waals surface area (Å²) in [5.74, 6) is -0.377. The lowest BCUT2D eigenvalue weighted by atomic mass is 10.1. The van der Waals surface area contributed by atoms with Crippen molar-refractivity contribution in [2.75, 3.05) is 31.1 Å². The van der Waals surface area contributed by atoms with Gasteiger partial charge in [0.05, 0.1) is 0 Å². The van der Waals surface area contributed by atoms with Crippen LogP contribution in [0.4, 0.5) is 5.69 Å². The number of hydrogen-bond donors (Lipinski definition) is 2. The Morgan fingerprint density at radius 3 is 2.36 bits per heavy atom. The van der Waals surface area contributed by atoms with Crippen LogP contribution in [0.1, 0.15) is 21.6 Å². The second kappa shape index (κ2) is 6.23. The zero-order valence-corrected chi connectivity index (χ0v) is 12.9. The molecule has 3 rings (SSSR count). The zero-order valence-electron chi connectivity index (χ0n) is 12.9. The average molecular weight is 298 g/mol. The van der Waals surface area contributed by atoms with Crippen molar-refractivity contribution >= 4 is 11.6 Å². The number of rotatable bonds is 4. The molecule has 2 heterocycles. The fourth-order valence-corrected chi connectivity index (χ4v) is 2.88. The molecule has 0 radical (unpaired) electrons. The summed E-state index contributed by atoms with van der Waals surface area (Å²) in [6.07, 6.45) is 2.00. The van der Waals surface area contributed by atoms with E-state index >= 15 is 0 Å². The Hall–Kier alpha value is -2.27. The number of aromatic amines is 1. The van der Waals surface area contributed by atoms with E-state index in [2.05, 4.69) is 27.8 Å². The molecule has 1 aromatic heterocycles. The summed E-state index contributed by atoms with van der Waals surface area (Å²) in [7, 11) is 0. The number of aryl methyl sites for hydroxylation is 1. The van der Waals surface area contributed by atoms with Crippen LogP contribution in [0, 0.1) is 6.92 Å². The van der Waals surface area contributed by atoms with Crippen molar-refractivity contribution in [3.8, 4) is 0 Å². The number of anilines is 1. The molecule has 3 N–H and O–H groups in total. The lowest BCUT2D eigenvalue weighted by Gasteiger charge is -2.36. The topological polar surface area (TPSA) is 65.4 Å². The van der Waals surface area contributed by atoms with Crippen molar-refractivity contribution < 1.29 is 4.79 Å². The minimum atomic E-state index is -0.377. The number of aromatic nitrogens is 1. The Labute approximate surface area is 130 Å². The molecule has 1 amide bonds. The molecular weight excluding hydrogens is 276 g/mol. The molecule has 116 valence electrons. The highest BCUT2D eigenvalue weighted by atomic mass is 16.1. The summed E-state index contributed by atoms with van der Waals surface area (Å²) in [5.41, 5.74) is 9.62. The smallest absolute Gasteiger partial charge is 0.248 e. The van der Waals surface area contributed by atoms with Crippen LogP contribution >= 0.6 is 0 Å². The van der Waals surface area contributed by atoms with Gasteiger partial charge in [-0.25, -0.2) is 0 Å². The van der Waals surface area contributed by atoms with Gasteiger partial charge in [-0.2, -0.15) is 0 Å². The molecule has 0 saturated carbocycles. The molecule has 0 unspecified atom stereocenters. The maximum Gasteiger partial charge on any atom is 0.248 e. The summed E-state index contributed by atoms with van der Waals surface area (Å²) >= 11 is 0. The number of hydrogen-bond acceptors (Lipinski definition) is 3. The van der Waals surface area contributed by atoms with Gasteiger partial charge in [0.25, 0.3) is 0 Å². The van der Waals surface area contributed by atoms with E-state index in [1.807, 2.05) is 18.3 Å². The van der Waals surface area contributed by atoms with Gasteiger partial charge in [-0.15, -0.1) is 0 Å². The summed E-state index contributed by atoms with van der Waals surface area (Å²) < 4.78 is 0. The number of piperazine rings is 1. The molecule has 1 saturated heterocycles. The number of nitrogens with one attached hydrogen (secondary N) is 1. The molecule has 0 spiro atoms. The third-order valence-electron chi connectivity index (χ3n) is 4.34. The number of benzene rings is 1. The normalized spacial score (nSPS) is 16.0. The zero-order chi connectivity index (χ0) is 15.5. The predicted octanol–water partition coefficient (Wildman–Crippen LogP) is 1.74. The van der Waals surface area contributed by atoms with Crippen LogP contribution in [0.25, 0.3) is 0 Å². The van der Waals surface area contributed by atoms with E-state index in [1.165, 1.54) is 11.3 Å². The third-order valence-corrected chi connectivity index (χ3v) is 4.34.